The van der Waals surface area contributed by atoms with Crippen LogP contribution in [0, 0.1) is 0 Å². The molecule has 3 aromatic rings. The van der Waals surface area contributed by atoms with Crippen LogP contribution in [0.1, 0.15) is 6.92 Å². The highest BCUT2D eigenvalue weighted by molar-refractivity contribution is 5.57. The maximum absolute atomic E-state index is 5.75. The lowest BCUT2D eigenvalue weighted by molar-refractivity contribution is 0.340. The molecule has 0 atom stereocenters. The van der Waals surface area contributed by atoms with Crippen LogP contribution in [0.5, 0.6) is 5.75 Å². The van der Waals surface area contributed by atoms with Gasteiger partial charge < -0.3 is 10.5 Å². The Labute approximate surface area is 121 Å². The molecule has 0 aliphatic rings. The molecule has 0 saturated carbocycles. The van der Waals surface area contributed by atoms with E-state index in [9.17, 15) is 0 Å². The van der Waals surface area contributed by atoms with Crippen LogP contribution >= 0.6 is 0 Å². The zero-order valence-corrected chi connectivity index (χ0v) is 11.5. The third-order valence-corrected chi connectivity index (χ3v) is 2.77. The quantitative estimate of drug-likeness (QED) is 0.783. The van der Waals surface area contributed by atoms with E-state index in [0.29, 0.717) is 18.4 Å². The number of hydrogen-bond acceptors (Lipinski definition) is 6. The van der Waals surface area contributed by atoms with Crippen LogP contribution in [0.25, 0.3) is 17.3 Å². The molecule has 0 saturated heterocycles. The molecule has 106 valence electrons. The highest BCUT2D eigenvalue weighted by Gasteiger charge is 2.08. The number of nitrogen functional groups attached to an aromatic ring is 1. The Morgan fingerprint density at radius 3 is 2.62 bits per heavy atom. The Bertz CT molecular complexity index is 724. The normalized spacial score (nSPS) is 10.5. The number of nitrogens with zero attached hydrogens (tertiary/aromatic N) is 5. The summed E-state index contributed by atoms with van der Waals surface area (Å²) in [6.07, 6.45) is 3.40. The van der Waals surface area contributed by atoms with E-state index in [2.05, 4.69) is 20.1 Å². The molecule has 1 aromatic carbocycles. The van der Waals surface area contributed by atoms with E-state index >= 15 is 0 Å². The van der Waals surface area contributed by atoms with Crippen LogP contribution < -0.4 is 10.5 Å². The number of benzene rings is 1. The Morgan fingerprint density at radius 2 is 1.95 bits per heavy atom. The summed E-state index contributed by atoms with van der Waals surface area (Å²) in [6, 6.07) is 9.29. The van der Waals surface area contributed by atoms with Gasteiger partial charge in [0.25, 0.3) is 5.95 Å². The van der Waals surface area contributed by atoms with Crippen LogP contribution in [0.15, 0.2) is 42.7 Å². The average Bonchev–Trinajstić information content (AvgIpc) is 3.02. The van der Waals surface area contributed by atoms with E-state index in [-0.39, 0.29) is 5.95 Å². The molecule has 7 nitrogen and oxygen atoms in total. The Morgan fingerprint density at radius 1 is 1.14 bits per heavy atom. The molecule has 3 rings (SSSR count). The molecule has 7 heteroatoms. The second-order valence-electron chi connectivity index (χ2n) is 4.23. The van der Waals surface area contributed by atoms with E-state index in [1.54, 1.807) is 18.5 Å². The fourth-order valence-corrected chi connectivity index (χ4v) is 1.87. The summed E-state index contributed by atoms with van der Waals surface area (Å²) in [5, 5.41) is 4.09. The van der Waals surface area contributed by atoms with Crippen LogP contribution in [0.3, 0.4) is 0 Å². The highest BCUT2D eigenvalue weighted by atomic mass is 16.5. The van der Waals surface area contributed by atoms with Gasteiger partial charge in [0.2, 0.25) is 5.95 Å². The van der Waals surface area contributed by atoms with E-state index in [4.69, 9.17) is 10.5 Å². The van der Waals surface area contributed by atoms with Crippen molar-refractivity contribution in [2.45, 2.75) is 6.92 Å². The van der Waals surface area contributed by atoms with Gasteiger partial charge in [-0.2, -0.15) is 20.1 Å². The molecule has 0 spiro atoms. The standard InChI is InChI=1S/C14H14N6O/c1-2-21-11-6-4-10(5-7-11)12-17-13(15)19-14(18-12)20-9-3-8-16-20/h3-9H,2H2,1H3,(H2,15,17,18,19). The molecule has 0 amide bonds. The Hall–Kier alpha value is -2.96. The minimum absolute atomic E-state index is 0.152. The molecule has 0 radical (unpaired) electrons. The summed E-state index contributed by atoms with van der Waals surface area (Å²) in [5.74, 6) is 1.84. The molecule has 2 N–H and O–H groups in total. The number of rotatable bonds is 4. The van der Waals surface area contributed by atoms with E-state index in [0.717, 1.165) is 11.3 Å². The van der Waals surface area contributed by atoms with Crippen molar-refractivity contribution >= 4 is 5.95 Å². The van der Waals surface area contributed by atoms with Crippen LogP contribution in [0.2, 0.25) is 0 Å². The number of nitrogens with two attached hydrogens (primary N) is 1. The fraction of sp³-hybridized carbons (Fsp3) is 0.143. The van der Waals surface area contributed by atoms with Crippen LogP contribution in [0.4, 0.5) is 5.95 Å². The summed E-state index contributed by atoms with van der Waals surface area (Å²) in [4.78, 5) is 12.6. The largest absolute Gasteiger partial charge is 0.494 e. The number of hydrogen-bond donors (Lipinski definition) is 1. The Kier molecular flexibility index (Phi) is 3.46. The van der Waals surface area contributed by atoms with Gasteiger partial charge in [-0.05, 0) is 37.3 Å². The smallest absolute Gasteiger partial charge is 0.255 e. The van der Waals surface area contributed by atoms with Crippen molar-refractivity contribution in [2.24, 2.45) is 0 Å². The zero-order valence-electron chi connectivity index (χ0n) is 11.5. The average molecular weight is 282 g/mol. The number of aromatic nitrogens is 5. The van der Waals surface area contributed by atoms with Gasteiger partial charge in [0.05, 0.1) is 6.61 Å². The lowest BCUT2D eigenvalue weighted by Gasteiger charge is -2.06. The monoisotopic (exact) mass is 282 g/mol. The fourth-order valence-electron chi connectivity index (χ4n) is 1.87. The van der Waals surface area contributed by atoms with Crippen molar-refractivity contribution in [3.05, 3.63) is 42.7 Å². The first-order valence-corrected chi connectivity index (χ1v) is 6.51. The summed E-state index contributed by atoms with van der Waals surface area (Å²) < 4.78 is 6.95. The predicted octanol–water partition coefficient (Wildman–Crippen LogP) is 1.71. The summed E-state index contributed by atoms with van der Waals surface area (Å²) in [7, 11) is 0. The van der Waals surface area contributed by atoms with Crippen LogP contribution in [-0.2, 0) is 0 Å². The van der Waals surface area contributed by atoms with Crippen LogP contribution in [-0.4, -0.2) is 31.3 Å². The molecule has 2 heterocycles. The van der Waals surface area contributed by atoms with Gasteiger partial charge in [0.15, 0.2) is 5.82 Å². The molecule has 0 aliphatic carbocycles. The molecule has 0 aliphatic heterocycles. The zero-order chi connectivity index (χ0) is 14.7. The van der Waals surface area contributed by atoms with E-state index in [1.165, 1.54) is 4.68 Å². The maximum Gasteiger partial charge on any atom is 0.255 e. The predicted molar refractivity (Wildman–Crippen MR) is 78.0 cm³/mol. The first kappa shape index (κ1) is 13.0. The maximum atomic E-state index is 5.75. The third-order valence-electron chi connectivity index (χ3n) is 2.77. The van der Waals surface area contributed by atoms with Crippen molar-refractivity contribution < 1.29 is 4.74 Å². The molecule has 0 fully saturated rings. The number of ether oxygens (including phenoxy) is 1. The van der Waals surface area contributed by atoms with Gasteiger partial charge in [0, 0.05) is 18.0 Å². The first-order chi connectivity index (χ1) is 10.3. The summed E-state index contributed by atoms with van der Waals surface area (Å²) in [5.41, 5.74) is 6.59. The Balaban J connectivity index is 1.98. The highest BCUT2D eigenvalue weighted by Crippen LogP contribution is 2.20. The molecule has 2 aromatic heterocycles. The van der Waals surface area contributed by atoms with E-state index < -0.39 is 0 Å². The molecular formula is C14H14N6O. The first-order valence-electron chi connectivity index (χ1n) is 6.51. The van der Waals surface area contributed by atoms with Gasteiger partial charge in [-0.25, -0.2) is 4.68 Å². The van der Waals surface area contributed by atoms with Gasteiger partial charge in [-0.3, -0.25) is 0 Å². The topological polar surface area (TPSA) is 91.7 Å². The van der Waals surface area contributed by atoms with Crippen molar-refractivity contribution in [2.75, 3.05) is 12.3 Å². The van der Waals surface area contributed by atoms with Gasteiger partial charge in [-0.1, -0.05) is 0 Å². The SMILES string of the molecule is CCOc1ccc(-c2nc(N)nc(-n3cccn3)n2)cc1. The second kappa shape index (κ2) is 5.58. The lowest BCUT2D eigenvalue weighted by Crippen LogP contribution is -2.07. The lowest BCUT2D eigenvalue weighted by atomic mass is 10.2. The van der Waals surface area contributed by atoms with Crippen molar-refractivity contribution in [3.8, 4) is 23.1 Å². The van der Waals surface area contributed by atoms with Gasteiger partial charge in [0.1, 0.15) is 5.75 Å². The number of anilines is 1. The second-order valence-corrected chi connectivity index (χ2v) is 4.23. The van der Waals surface area contributed by atoms with Gasteiger partial charge >= 0.3 is 0 Å². The summed E-state index contributed by atoms with van der Waals surface area (Å²) in [6.45, 7) is 2.57. The molecular weight excluding hydrogens is 268 g/mol. The minimum Gasteiger partial charge on any atom is -0.494 e. The van der Waals surface area contributed by atoms with E-state index in [1.807, 2.05) is 31.2 Å². The van der Waals surface area contributed by atoms with Crippen molar-refractivity contribution in [3.63, 3.8) is 0 Å². The summed E-state index contributed by atoms with van der Waals surface area (Å²) >= 11 is 0. The van der Waals surface area contributed by atoms with Gasteiger partial charge in [-0.15, -0.1) is 0 Å². The molecule has 21 heavy (non-hydrogen) atoms. The van der Waals surface area contributed by atoms with Crippen molar-refractivity contribution in [1.29, 1.82) is 0 Å². The molecule has 0 bridgehead atoms. The van der Waals surface area contributed by atoms with Crippen molar-refractivity contribution in [1.82, 2.24) is 24.7 Å². The third kappa shape index (κ3) is 2.81. The molecule has 0 unspecified atom stereocenters. The minimum atomic E-state index is 0.152.